The first-order valence-electron chi connectivity index (χ1n) is 3.44. The molecule has 3 heterocycles. The fourth-order valence-electron chi connectivity index (χ4n) is 1.50. The molecule has 11 heavy (non-hydrogen) atoms. The third-order valence-corrected chi connectivity index (χ3v) is 2.03. The van der Waals surface area contributed by atoms with E-state index in [9.17, 15) is 0 Å². The highest BCUT2D eigenvalue weighted by Gasteiger charge is 2.41. The number of nitrogens with zero attached hydrogens (tertiary/aromatic N) is 4. The first-order valence-corrected chi connectivity index (χ1v) is 3.44. The number of aromatic nitrogens is 4. The molecule has 0 aliphatic carbocycles. The van der Waals surface area contributed by atoms with Crippen LogP contribution in [0.1, 0.15) is 11.9 Å². The van der Waals surface area contributed by atoms with Gasteiger partial charge in [-0.3, -0.25) is 0 Å². The zero-order chi connectivity index (χ0) is 7.26. The van der Waals surface area contributed by atoms with Crippen LogP contribution in [0.4, 0.5) is 0 Å². The van der Waals surface area contributed by atoms with Crippen LogP contribution in [0.2, 0.25) is 0 Å². The Morgan fingerprint density at radius 1 is 1.45 bits per heavy atom. The van der Waals surface area contributed by atoms with Gasteiger partial charge in [0, 0.05) is 0 Å². The zero-order valence-corrected chi connectivity index (χ0v) is 5.67. The van der Waals surface area contributed by atoms with Gasteiger partial charge in [-0.2, -0.15) is 0 Å². The summed E-state index contributed by atoms with van der Waals surface area (Å²) in [5.41, 5.74) is 0. The van der Waals surface area contributed by atoms with Crippen LogP contribution in [-0.2, 0) is 16.0 Å². The van der Waals surface area contributed by atoms with Gasteiger partial charge >= 0.3 is 0 Å². The normalized spacial score (nSPS) is 33.8. The van der Waals surface area contributed by atoms with Crippen LogP contribution in [0.15, 0.2) is 0 Å². The summed E-state index contributed by atoms with van der Waals surface area (Å²) < 4.78 is 12.3. The molecule has 1 fully saturated rings. The summed E-state index contributed by atoms with van der Waals surface area (Å²) in [6.45, 7) is 1.08. The van der Waals surface area contributed by atoms with Crippen molar-refractivity contribution in [1.29, 1.82) is 0 Å². The maximum Gasteiger partial charge on any atom is 0.183 e. The predicted octanol–water partition coefficient (Wildman–Crippen LogP) is -0.899. The molecule has 2 aliphatic rings. The van der Waals surface area contributed by atoms with Gasteiger partial charge in [-0.15, -0.1) is 5.10 Å². The van der Waals surface area contributed by atoms with Crippen molar-refractivity contribution in [1.82, 2.24) is 20.2 Å². The van der Waals surface area contributed by atoms with E-state index >= 15 is 0 Å². The second kappa shape index (κ2) is 1.77. The molecule has 1 aromatic rings. The Morgan fingerprint density at radius 2 is 2.45 bits per heavy atom. The van der Waals surface area contributed by atoms with Gasteiger partial charge in [-0.25, -0.2) is 4.68 Å². The van der Waals surface area contributed by atoms with Crippen molar-refractivity contribution in [2.75, 3.05) is 6.79 Å². The number of rotatable bonds is 0. The average Bonchev–Trinajstić information content (AvgIpc) is 2.52. The lowest BCUT2D eigenvalue weighted by molar-refractivity contribution is 0.0284. The minimum absolute atomic E-state index is 0.0370. The van der Waals surface area contributed by atoms with E-state index in [1.807, 2.05) is 0 Å². The Kier molecular flexibility index (Phi) is 0.905. The molecule has 0 bridgehead atoms. The van der Waals surface area contributed by atoms with Crippen LogP contribution >= 0.6 is 0 Å². The van der Waals surface area contributed by atoms with E-state index in [4.69, 9.17) is 9.47 Å². The molecule has 0 saturated carbocycles. The van der Waals surface area contributed by atoms with Gasteiger partial charge in [-0.05, 0) is 10.4 Å². The molecule has 1 saturated heterocycles. The lowest BCUT2D eigenvalue weighted by Crippen LogP contribution is -2.11. The summed E-state index contributed by atoms with van der Waals surface area (Å²) in [7, 11) is 0. The van der Waals surface area contributed by atoms with Crippen molar-refractivity contribution >= 4 is 0 Å². The molecule has 6 nitrogen and oxygen atoms in total. The molecule has 2 atom stereocenters. The molecule has 1 aromatic heterocycles. The molecule has 0 spiro atoms. The molecule has 58 valence electrons. The van der Waals surface area contributed by atoms with Crippen LogP contribution in [-0.4, -0.2) is 33.1 Å². The van der Waals surface area contributed by atoms with Gasteiger partial charge in [0.1, 0.15) is 19.0 Å². The Morgan fingerprint density at radius 3 is 3.45 bits per heavy atom. The maximum absolute atomic E-state index is 5.28. The van der Waals surface area contributed by atoms with E-state index in [1.165, 1.54) is 0 Å². The van der Waals surface area contributed by atoms with E-state index in [2.05, 4.69) is 15.5 Å². The van der Waals surface area contributed by atoms with E-state index in [-0.39, 0.29) is 12.2 Å². The number of hydrogen-bond donors (Lipinski definition) is 0. The molecule has 6 heteroatoms. The smallest absolute Gasteiger partial charge is 0.183 e. The van der Waals surface area contributed by atoms with Crippen molar-refractivity contribution in [3.05, 3.63) is 5.82 Å². The van der Waals surface area contributed by atoms with Gasteiger partial charge in [0.15, 0.2) is 5.82 Å². The second-order valence-electron chi connectivity index (χ2n) is 2.63. The molecule has 2 unspecified atom stereocenters. The van der Waals surface area contributed by atoms with E-state index in [0.717, 1.165) is 5.82 Å². The van der Waals surface area contributed by atoms with Crippen LogP contribution in [0, 0.1) is 0 Å². The van der Waals surface area contributed by atoms with E-state index in [0.29, 0.717) is 13.3 Å². The number of fused-ring (bicyclic) bond motifs is 3. The average molecular weight is 154 g/mol. The molecular weight excluding hydrogens is 148 g/mol. The molecule has 2 aliphatic heterocycles. The molecular formula is C5H6N4O2. The zero-order valence-electron chi connectivity index (χ0n) is 5.67. The maximum atomic E-state index is 5.28. The Hall–Kier alpha value is -1.01. The highest BCUT2D eigenvalue weighted by Crippen LogP contribution is 2.32. The monoisotopic (exact) mass is 154 g/mol. The summed E-state index contributed by atoms with van der Waals surface area (Å²) in [6.07, 6.45) is 0.0676. The Balaban J connectivity index is 2.08. The quantitative estimate of drug-likeness (QED) is 0.484. The fraction of sp³-hybridized carbons (Fsp3) is 0.800. The molecule has 0 radical (unpaired) electrons. The summed E-state index contributed by atoms with van der Waals surface area (Å²) in [4.78, 5) is 0. The largest absolute Gasteiger partial charge is 0.347 e. The van der Waals surface area contributed by atoms with Crippen molar-refractivity contribution in [2.24, 2.45) is 0 Å². The molecule has 0 amide bonds. The fourth-order valence-corrected chi connectivity index (χ4v) is 1.50. The van der Waals surface area contributed by atoms with Crippen molar-refractivity contribution in [2.45, 2.75) is 18.8 Å². The number of tetrazole rings is 1. The van der Waals surface area contributed by atoms with Crippen molar-refractivity contribution in [3.63, 3.8) is 0 Å². The van der Waals surface area contributed by atoms with Crippen LogP contribution in [0.3, 0.4) is 0 Å². The summed E-state index contributed by atoms with van der Waals surface area (Å²) in [6, 6.07) is 0. The number of ether oxygens (including phenoxy) is 2. The minimum Gasteiger partial charge on any atom is -0.347 e. The van der Waals surface area contributed by atoms with E-state index in [1.54, 1.807) is 4.68 Å². The van der Waals surface area contributed by atoms with Gasteiger partial charge in [0.05, 0.1) is 6.54 Å². The summed E-state index contributed by atoms with van der Waals surface area (Å²) >= 11 is 0. The van der Waals surface area contributed by atoms with Gasteiger partial charge in [-0.1, -0.05) is 0 Å². The van der Waals surface area contributed by atoms with Gasteiger partial charge in [0.2, 0.25) is 0 Å². The van der Waals surface area contributed by atoms with Crippen LogP contribution in [0.5, 0.6) is 0 Å². The van der Waals surface area contributed by atoms with Crippen molar-refractivity contribution in [3.8, 4) is 0 Å². The Bertz CT molecular complexity index is 286. The first-order chi connectivity index (χ1) is 5.45. The van der Waals surface area contributed by atoms with E-state index < -0.39 is 0 Å². The molecule has 3 rings (SSSR count). The van der Waals surface area contributed by atoms with Gasteiger partial charge < -0.3 is 9.47 Å². The molecule has 0 aromatic carbocycles. The topological polar surface area (TPSA) is 62.1 Å². The van der Waals surface area contributed by atoms with Gasteiger partial charge in [0.25, 0.3) is 0 Å². The number of hydrogen-bond acceptors (Lipinski definition) is 5. The summed E-state index contributed by atoms with van der Waals surface area (Å²) in [5, 5.41) is 11.1. The standard InChI is InChI=1S/C5H6N4O2/c1-3-4(11-2-10-3)5-6-7-8-9(1)5/h3-4H,1-2H2. The predicted molar refractivity (Wildman–Crippen MR) is 31.4 cm³/mol. The van der Waals surface area contributed by atoms with Crippen LogP contribution in [0.25, 0.3) is 0 Å². The third kappa shape index (κ3) is 0.603. The van der Waals surface area contributed by atoms with Crippen LogP contribution < -0.4 is 0 Å². The SMILES string of the molecule is C1OC2Cn3nnnc3C2O1. The lowest BCUT2D eigenvalue weighted by atomic mass is 10.2. The second-order valence-corrected chi connectivity index (χ2v) is 2.63. The summed E-state index contributed by atoms with van der Waals surface area (Å²) in [5.74, 6) is 0.785. The minimum atomic E-state index is -0.0370. The third-order valence-electron chi connectivity index (χ3n) is 2.03. The lowest BCUT2D eigenvalue weighted by Gasteiger charge is -2.00. The highest BCUT2D eigenvalue weighted by molar-refractivity contribution is 5.00. The van der Waals surface area contributed by atoms with Crippen molar-refractivity contribution < 1.29 is 9.47 Å². The Labute approximate surface area is 62.1 Å². The molecule has 0 N–H and O–H groups in total. The first kappa shape index (κ1) is 5.62. The highest BCUT2D eigenvalue weighted by atomic mass is 16.7.